The van der Waals surface area contributed by atoms with E-state index in [1.807, 2.05) is 31.2 Å². The average Bonchev–Trinajstić information content (AvgIpc) is 3.04. The number of aryl methyl sites for hydroxylation is 1. The number of ether oxygens (including phenoxy) is 2. The Hall–Kier alpha value is -2.54. The van der Waals surface area contributed by atoms with Crippen molar-refractivity contribution in [1.29, 1.82) is 0 Å². The Morgan fingerprint density at radius 1 is 1.08 bits per heavy atom. The van der Waals surface area contributed by atoms with Crippen LogP contribution in [-0.2, 0) is 6.54 Å². The van der Waals surface area contributed by atoms with Crippen LogP contribution in [0.25, 0.3) is 0 Å². The summed E-state index contributed by atoms with van der Waals surface area (Å²) in [5.41, 5.74) is 2.04. The first-order valence-corrected chi connectivity index (χ1v) is 8.47. The maximum Gasteiger partial charge on any atom is 0.231 e. The molecule has 1 aliphatic heterocycles. The minimum atomic E-state index is 0.292. The van der Waals surface area contributed by atoms with Crippen molar-refractivity contribution >= 4 is 11.8 Å². The highest BCUT2D eigenvalue weighted by atomic mass is 16.7. The fourth-order valence-corrected chi connectivity index (χ4v) is 2.58. The molecule has 2 N–H and O–H groups in total. The number of nitrogens with one attached hydrogen (secondary N) is 2. The molecule has 1 aromatic carbocycles. The van der Waals surface area contributed by atoms with Crippen molar-refractivity contribution in [1.82, 2.24) is 14.9 Å². The molecule has 1 aliphatic rings. The summed E-state index contributed by atoms with van der Waals surface area (Å²) in [6.45, 7) is 4.81. The molecule has 1 aromatic heterocycles. The van der Waals surface area contributed by atoms with Crippen LogP contribution in [0.1, 0.15) is 17.7 Å². The van der Waals surface area contributed by atoms with Gasteiger partial charge in [0.1, 0.15) is 5.82 Å². The zero-order valence-electron chi connectivity index (χ0n) is 15.0. The second kappa shape index (κ2) is 8.02. The maximum absolute atomic E-state index is 5.41. The van der Waals surface area contributed by atoms with E-state index in [1.165, 1.54) is 0 Å². The second-order valence-electron chi connectivity index (χ2n) is 6.34. The highest BCUT2D eigenvalue weighted by molar-refractivity contribution is 5.47. The van der Waals surface area contributed by atoms with Gasteiger partial charge in [-0.05, 0) is 51.7 Å². The Balaban J connectivity index is 1.56. The minimum absolute atomic E-state index is 0.292. The standard InChI is InChI=1S/C18H25N5O2/c1-13-9-17(22-18(21-13)19-7-4-8-23(2)3)20-11-14-5-6-15-16(10-14)25-12-24-15/h5-6,9-10H,4,7-8,11-12H2,1-3H3,(H2,19,20,21,22). The highest BCUT2D eigenvalue weighted by Gasteiger charge is 2.13. The quantitative estimate of drug-likeness (QED) is 0.714. The van der Waals surface area contributed by atoms with Crippen LogP contribution in [-0.4, -0.2) is 48.8 Å². The van der Waals surface area contributed by atoms with Crippen LogP contribution < -0.4 is 20.1 Å². The molecule has 2 aromatic rings. The Labute approximate surface area is 148 Å². The molecule has 0 bridgehead atoms. The van der Waals surface area contributed by atoms with Crippen molar-refractivity contribution < 1.29 is 9.47 Å². The molecule has 0 saturated heterocycles. The normalized spacial score (nSPS) is 12.5. The fourth-order valence-electron chi connectivity index (χ4n) is 2.58. The molecule has 0 saturated carbocycles. The lowest BCUT2D eigenvalue weighted by Gasteiger charge is -2.12. The number of benzene rings is 1. The number of rotatable bonds is 8. The van der Waals surface area contributed by atoms with Gasteiger partial charge in [-0.15, -0.1) is 0 Å². The van der Waals surface area contributed by atoms with Crippen molar-refractivity contribution in [2.75, 3.05) is 44.6 Å². The molecule has 0 unspecified atom stereocenters. The molecule has 7 heteroatoms. The van der Waals surface area contributed by atoms with Crippen LogP contribution in [0.3, 0.4) is 0 Å². The number of anilines is 2. The van der Waals surface area contributed by atoms with Crippen LogP contribution in [0.4, 0.5) is 11.8 Å². The summed E-state index contributed by atoms with van der Waals surface area (Å²) >= 11 is 0. The third-order valence-corrected chi connectivity index (χ3v) is 3.83. The third-order valence-electron chi connectivity index (χ3n) is 3.83. The van der Waals surface area contributed by atoms with Gasteiger partial charge < -0.3 is 25.0 Å². The molecule has 0 radical (unpaired) electrons. The first kappa shape index (κ1) is 17.3. The molecule has 0 fully saturated rings. The Bertz CT molecular complexity index is 721. The van der Waals surface area contributed by atoms with E-state index in [0.29, 0.717) is 19.3 Å². The van der Waals surface area contributed by atoms with Crippen LogP contribution in [0.15, 0.2) is 24.3 Å². The molecule has 0 spiro atoms. The third kappa shape index (κ3) is 4.96. The van der Waals surface area contributed by atoms with Crippen molar-refractivity contribution in [3.8, 4) is 11.5 Å². The van der Waals surface area contributed by atoms with Gasteiger partial charge in [0.2, 0.25) is 12.7 Å². The average molecular weight is 343 g/mol. The molecular formula is C18H25N5O2. The fraction of sp³-hybridized carbons (Fsp3) is 0.444. The summed E-state index contributed by atoms with van der Waals surface area (Å²) in [6, 6.07) is 7.89. The number of aromatic nitrogens is 2. The molecule has 0 atom stereocenters. The predicted molar refractivity (Wildman–Crippen MR) is 98.3 cm³/mol. The summed E-state index contributed by atoms with van der Waals surface area (Å²) in [5, 5.41) is 6.63. The van der Waals surface area contributed by atoms with E-state index in [9.17, 15) is 0 Å². The number of hydrogen-bond donors (Lipinski definition) is 2. The van der Waals surface area contributed by atoms with E-state index in [0.717, 1.165) is 48.1 Å². The SMILES string of the molecule is Cc1cc(NCc2ccc3c(c2)OCO3)nc(NCCCN(C)C)n1. The number of nitrogens with zero attached hydrogens (tertiary/aromatic N) is 3. The largest absolute Gasteiger partial charge is 0.454 e. The lowest BCUT2D eigenvalue weighted by Crippen LogP contribution is -2.17. The molecule has 134 valence electrons. The van der Waals surface area contributed by atoms with Crippen LogP contribution >= 0.6 is 0 Å². The van der Waals surface area contributed by atoms with Gasteiger partial charge in [-0.2, -0.15) is 4.98 Å². The van der Waals surface area contributed by atoms with Crippen molar-refractivity contribution in [3.63, 3.8) is 0 Å². The van der Waals surface area contributed by atoms with E-state index in [2.05, 4.69) is 39.6 Å². The molecule has 25 heavy (non-hydrogen) atoms. The summed E-state index contributed by atoms with van der Waals surface area (Å²) in [5.74, 6) is 3.06. The Morgan fingerprint density at radius 2 is 1.92 bits per heavy atom. The monoisotopic (exact) mass is 343 g/mol. The van der Waals surface area contributed by atoms with Crippen molar-refractivity contribution in [3.05, 3.63) is 35.5 Å². The van der Waals surface area contributed by atoms with Gasteiger partial charge in [0.15, 0.2) is 11.5 Å². The Morgan fingerprint density at radius 3 is 2.76 bits per heavy atom. The van der Waals surface area contributed by atoms with Gasteiger partial charge in [-0.1, -0.05) is 6.07 Å². The molecule has 2 heterocycles. The number of fused-ring (bicyclic) bond motifs is 1. The molecule has 0 aliphatic carbocycles. The molecule has 0 amide bonds. The Kier molecular flexibility index (Phi) is 5.55. The van der Waals surface area contributed by atoms with E-state index < -0.39 is 0 Å². The second-order valence-corrected chi connectivity index (χ2v) is 6.34. The van der Waals surface area contributed by atoms with Gasteiger partial charge >= 0.3 is 0 Å². The smallest absolute Gasteiger partial charge is 0.231 e. The van der Waals surface area contributed by atoms with Gasteiger partial charge in [0.25, 0.3) is 0 Å². The van der Waals surface area contributed by atoms with E-state index >= 15 is 0 Å². The zero-order valence-corrected chi connectivity index (χ0v) is 15.0. The van der Waals surface area contributed by atoms with E-state index in [-0.39, 0.29) is 0 Å². The van der Waals surface area contributed by atoms with E-state index in [1.54, 1.807) is 0 Å². The van der Waals surface area contributed by atoms with Gasteiger partial charge in [0.05, 0.1) is 0 Å². The first-order valence-electron chi connectivity index (χ1n) is 8.47. The van der Waals surface area contributed by atoms with Gasteiger partial charge in [0, 0.05) is 24.8 Å². The summed E-state index contributed by atoms with van der Waals surface area (Å²) in [7, 11) is 4.14. The summed E-state index contributed by atoms with van der Waals surface area (Å²) < 4.78 is 10.7. The zero-order chi connectivity index (χ0) is 17.6. The first-order chi connectivity index (χ1) is 12.1. The predicted octanol–water partition coefficient (Wildman–Crippen LogP) is 2.49. The molecule has 3 rings (SSSR count). The summed E-state index contributed by atoms with van der Waals surface area (Å²) in [4.78, 5) is 11.1. The van der Waals surface area contributed by atoms with Crippen molar-refractivity contribution in [2.45, 2.75) is 19.9 Å². The van der Waals surface area contributed by atoms with Crippen LogP contribution in [0, 0.1) is 6.92 Å². The molecule has 7 nitrogen and oxygen atoms in total. The van der Waals surface area contributed by atoms with E-state index in [4.69, 9.17) is 9.47 Å². The van der Waals surface area contributed by atoms with Gasteiger partial charge in [-0.25, -0.2) is 4.98 Å². The van der Waals surface area contributed by atoms with Gasteiger partial charge in [-0.3, -0.25) is 0 Å². The highest BCUT2D eigenvalue weighted by Crippen LogP contribution is 2.32. The van der Waals surface area contributed by atoms with Crippen molar-refractivity contribution in [2.24, 2.45) is 0 Å². The topological polar surface area (TPSA) is 71.5 Å². The lowest BCUT2D eigenvalue weighted by atomic mass is 10.2. The van der Waals surface area contributed by atoms with Crippen LogP contribution in [0.2, 0.25) is 0 Å². The lowest BCUT2D eigenvalue weighted by molar-refractivity contribution is 0.174. The molecular weight excluding hydrogens is 318 g/mol. The maximum atomic E-state index is 5.41. The minimum Gasteiger partial charge on any atom is -0.454 e. The summed E-state index contributed by atoms with van der Waals surface area (Å²) in [6.07, 6.45) is 1.05. The van der Waals surface area contributed by atoms with Crippen LogP contribution in [0.5, 0.6) is 11.5 Å². The number of hydrogen-bond acceptors (Lipinski definition) is 7.